The maximum atomic E-state index is 13.7. The molecular weight excluding hydrogens is 363 g/mol. The Hall–Kier alpha value is -2.93. The number of hydrogen-bond donors (Lipinski definition) is 0. The van der Waals surface area contributed by atoms with Gasteiger partial charge in [-0.3, -0.25) is 4.90 Å². The third kappa shape index (κ3) is 4.48. The van der Waals surface area contributed by atoms with Crippen molar-refractivity contribution >= 4 is 17.7 Å². The van der Waals surface area contributed by atoms with Crippen molar-refractivity contribution in [3.05, 3.63) is 65.0 Å². The number of anilines is 1. The number of ether oxygens (including phenoxy) is 2. The largest absolute Gasteiger partial charge is 0.465 e. The lowest BCUT2D eigenvalue weighted by atomic mass is 10.1. The van der Waals surface area contributed by atoms with Gasteiger partial charge in [-0.05, 0) is 48.4 Å². The number of benzene rings is 2. The Bertz CT molecular complexity index is 848. The number of carbonyl (C=O) groups is 2. The fourth-order valence-corrected chi connectivity index (χ4v) is 3.04. The zero-order valence-electron chi connectivity index (χ0n) is 16.0. The number of amides is 2. The summed E-state index contributed by atoms with van der Waals surface area (Å²) in [6, 6.07) is 11.4. The first-order chi connectivity index (χ1) is 13.5. The summed E-state index contributed by atoms with van der Waals surface area (Å²) < 4.78 is 23.8. The van der Waals surface area contributed by atoms with Gasteiger partial charge in [0.15, 0.2) is 0 Å². The van der Waals surface area contributed by atoms with E-state index in [9.17, 15) is 14.0 Å². The molecule has 0 aliphatic carbocycles. The summed E-state index contributed by atoms with van der Waals surface area (Å²) in [5.41, 5.74) is 2.37. The zero-order chi connectivity index (χ0) is 20.1. The molecule has 28 heavy (non-hydrogen) atoms. The van der Waals surface area contributed by atoms with Crippen molar-refractivity contribution in [2.45, 2.75) is 13.5 Å². The number of esters is 1. The summed E-state index contributed by atoms with van der Waals surface area (Å²) in [6.45, 7) is 3.98. The van der Waals surface area contributed by atoms with E-state index in [1.807, 2.05) is 0 Å². The van der Waals surface area contributed by atoms with Crippen LogP contribution >= 0.6 is 0 Å². The van der Waals surface area contributed by atoms with Crippen LogP contribution in [0.2, 0.25) is 0 Å². The van der Waals surface area contributed by atoms with Crippen molar-refractivity contribution in [3.8, 4) is 0 Å². The van der Waals surface area contributed by atoms with Gasteiger partial charge in [0, 0.05) is 18.8 Å². The van der Waals surface area contributed by atoms with E-state index in [4.69, 9.17) is 9.47 Å². The minimum Gasteiger partial charge on any atom is -0.465 e. The second kappa shape index (κ2) is 8.84. The molecule has 7 heteroatoms. The van der Waals surface area contributed by atoms with E-state index in [0.29, 0.717) is 49.7 Å². The highest BCUT2D eigenvalue weighted by Crippen LogP contribution is 2.23. The second-order valence-corrected chi connectivity index (χ2v) is 6.59. The number of hydrogen-bond acceptors (Lipinski definition) is 4. The van der Waals surface area contributed by atoms with E-state index in [2.05, 4.69) is 0 Å². The summed E-state index contributed by atoms with van der Waals surface area (Å²) >= 11 is 0. The highest BCUT2D eigenvalue weighted by atomic mass is 19.1. The van der Waals surface area contributed by atoms with Crippen LogP contribution in [0.5, 0.6) is 0 Å². The summed E-state index contributed by atoms with van der Waals surface area (Å²) in [6.07, 6.45) is 0. The first-order valence-electron chi connectivity index (χ1n) is 9.07. The highest BCUT2D eigenvalue weighted by Gasteiger charge is 2.25. The molecule has 0 spiro atoms. The van der Waals surface area contributed by atoms with Crippen molar-refractivity contribution in [1.29, 1.82) is 0 Å². The monoisotopic (exact) mass is 386 g/mol. The average molecular weight is 386 g/mol. The van der Waals surface area contributed by atoms with Gasteiger partial charge in [-0.1, -0.05) is 12.1 Å². The number of rotatable bonds is 4. The topological polar surface area (TPSA) is 59.1 Å². The van der Waals surface area contributed by atoms with Gasteiger partial charge in [-0.2, -0.15) is 0 Å². The van der Waals surface area contributed by atoms with Crippen LogP contribution in [0.4, 0.5) is 14.9 Å². The van der Waals surface area contributed by atoms with Gasteiger partial charge in [-0.25, -0.2) is 14.0 Å². The molecule has 1 aliphatic rings. The molecule has 3 rings (SSSR count). The highest BCUT2D eigenvalue weighted by molar-refractivity contribution is 5.92. The van der Waals surface area contributed by atoms with Crippen molar-refractivity contribution in [3.63, 3.8) is 0 Å². The molecule has 6 nitrogen and oxygen atoms in total. The molecule has 2 amide bonds. The lowest BCUT2D eigenvalue weighted by Crippen LogP contribution is -2.48. The molecule has 2 aromatic carbocycles. The van der Waals surface area contributed by atoms with Crippen LogP contribution in [0.1, 0.15) is 21.5 Å². The second-order valence-electron chi connectivity index (χ2n) is 6.59. The Balaban J connectivity index is 1.87. The minimum atomic E-state index is -0.415. The van der Waals surface area contributed by atoms with Crippen LogP contribution in [0.3, 0.4) is 0 Å². The molecule has 0 aromatic heterocycles. The first-order valence-corrected chi connectivity index (χ1v) is 9.07. The molecule has 0 unspecified atom stereocenters. The quantitative estimate of drug-likeness (QED) is 0.756. The average Bonchev–Trinajstić information content (AvgIpc) is 2.74. The number of aryl methyl sites for hydroxylation is 1. The molecule has 1 saturated heterocycles. The van der Waals surface area contributed by atoms with Crippen LogP contribution < -0.4 is 4.90 Å². The molecule has 2 aromatic rings. The molecule has 1 fully saturated rings. The SMILES string of the molecule is COC(=O)c1ccc(CN(C(=O)N2CCOCC2)c2ccc(F)c(C)c2)cc1. The van der Waals surface area contributed by atoms with Gasteiger partial charge in [0.05, 0.1) is 32.4 Å². The molecule has 0 saturated carbocycles. The van der Waals surface area contributed by atoms with Crippen LogP contribution in [0.25, 0.3) is 0 Å². The lowest BCUT2D eigenvalue weighted by molar-refractivity contribution is 0.0548. The Kier molecular flexibility index (Phi) is 6.26. The number of morpholine rings is 1. The van der Waals surface area contributed by atoms with Crippen molar-refractivity contribution in [2.75, 3.05) is 38.3 Å². The predicted molar refractivity (Wildman–Crippen MR) is 103 cm³/mol. The van der Waals surface area contributed by atoms with E-state index in [1.54, 1.807) is 53.1 Å². The zero-order valence-corrected chi connectivity index (χ0v) is 16.0. The smallest absolute Gasteiger partial charge is 0.337 e. The summed E-state index contributed by atoms with van der Waals surface area (Å²) in [4.78, 5) is 28.1. The van der Waals surface area contributed by atoms with Gasteiger partial charge in [0.25, 0.3) is 0 Å². The first kappa shape index (κ1) is 19.8. The molecule has 0 atom stereocenters. The van der Waals surface area contributed by atoms with Crippen LogP contribution in [-0.4, -0.2) is 50.3 Å². The maximum absolute atomic E-state index is 13.7. The number of urea groups is 1. The van der Waals surface area contributed by atoms with Crippen LogP contribution in [0, 0.1) is 12.7 Å². The number of methoxy groups -OCH3 is 1. The van der Waals surface area contributed by atoms with E-state index in [1.165, 1.54) is 13.2 Å². The van der Waals surface area contributed by atoms with Crippen molar-refractivity contribution in [2.24, 2.45) is 0 Å². The molecule has 148 valence electrons. The normalized spacial score (nSPS) is 13.9. The molecular formula is C21H23FN2O4. The number of carbonyl (C=O) groups excluding carboxylic acids is 2. The van der Waals surface area contributed by atoms with Gasteiger partial charge < -0.3 is 14.4 Å². The van der Waals surface area contributed by atoms with Gasteiger partial charge in [0.2, 0.25) is 0 Å². The Morgan fingerprint density at radius 2 is 1.82 bits per heavy atom. The summed E-state index contributed by atoms with van der Waals surface area (Å²) in [7, 11) is 1.33. The van der Waals surface area contributed by atoms with Crippen LogP contribution in [0.15, 0.2) is 42.5 Å². The summed E-state index contributed by atoms with van der Waals surface area (Å²) in [5, 5.41) is 0. The van der Waals surface area contributed by atoms with Crippen molar-refractivity contribution < 1.29 is 23.5 Å². The summed E-state index contributed by atoms with van der Waals surface area (Å²) in [5.74, 6) is -0.730. The fraction of sp³-hybridized carbons (Fsp3) is 0.333. The van der Waals surface area contributed by atoms with Gasteiger partial charge >= 0.3 is 12.0 Å². The lowest BCUT2D eigenvalue weighted by Gasteiger charge is -2.33. The minimum absolute atomic E-state index is 0.161. The van der Waals surface area contributed by atoms with Crippen LogP contribution in [-0.2, 0) is 16.0 Å². The third-order valence-electron chi connectivity index (χ3n) is 4.68. The molecule has 1 heterocycles. The standard InChI is InChI=1S/C21H23FN2O4/c1-15-13-18(7-8-19(15)22)24(21(26)23-9-11-28-12-10-23)14-16-3-5-17(6-4-16)20(25)27-2/h3-8,13H,9-12,14H2,1-2H3. The molecule has 1 aliphatic heterocycles. The van der Waals surface area contributed by atoms with Gasteiger partial charge in [0.1, 0.15) is 5.82 Å². The van der Waals surface area contributed by atoms with E-state index in [0.717, 1.165) is 5.56 Å². The maximum Gasteiger partial charge on any atom is 0.337 e. The fourth-order valence-electron chi connectivity index (χ4n) is 3.04. The molecule has 0 bridgehead atoms. The number of halogens is 1. The molecule has 0 radical (unpaired) electrons. The van der Waals surface area contributed by atoms with Gasteiger partial charge in [-0.15, -0.1) is 0 Å². The predicted octanol–water partition coefficient (Wildman–Crippen LogP) is 3.38. The Morgan fingerprint density at radius 1 is 1.14 bits per heavy atom. The van der Waals surface area contributed by atoms with E-state index in [-0.39, 0.29) is 11.8 Å². The Morgan fingerprint density at radius 3 is 2.43 bits per heavy atom. The van der Waals surface area contributed by atoms with E-state index < -0.39 is 5.97 Å². The van der Waals surface area contributed by atoms with E-state index >= 15 is 0 Å². The number of nitrogens with zero attached hydrogens (tertiary/aromatic N) is 2. The van der Waals surface area contributed by atoms with Crippen molar-refractivity contribution in [1.82, 2.24) is 4.90 Å². The third-order valence-corrected chi connectivity index (χ3v) is 4.68. The Labute approximate surface area is 163 Å². The molecule has 0 N–H and O–H groups in total.